The van der Waals surface area contributed by atoms with E-state index in [-0.39, 0.29) is 16.9 Å². The Kier molecular flexibility index (Phi) is 3.23. The predicted molar refractivity (Wildman–Crippen MR) is 78.0 cm³/mol. The van der Waals surface area contributed by atoms with Crippen molar-refractivity contribution in [3.05, 3.63) is 29.3 Å². The van der Waals surface area contributed by atoms with E-state index in [4.69, 9.17) is 0 Å². The lowest BCUT2D eigenvalue weighted by atomic mass is 9.68. The van der Waals surface area contributed by atoms with Gasteiger partial charge in [0.2, 0.25) is 0 Å². The summed E-state index contributed by atoms with van der Waals surface area (Å²) < 4.78 is 13.5. The second kappa shape index (κ2) is 4.83. The number of carbonyl (C=O) groups is 1. The lowest BCUT2D eigenvalue weighted by Crippen LogP contribution is -2.26. The zero-order valence-corrected chi connectivity index (χ0v) is 12.2. The van der Waals surface area contributed by atoms with Gasteiger partial charge in [-0.3, -0.25) is 0 Å². The maximum atomic E-state index is 13.5. The van der Waals surface area contributed by atoms with Crippen LogP contribution in [-0.4, -0.2) is 21.0 Å². The van der Waals surface area contributed by atoms with Crippen LogP contribution in [0.1, 0.15) is 61.6 Å². The van der Waals surface area contributed by atoms with Gasteiger partial charge in [-0.1, -0.05) is 26.7 Å². The van der Waals surface area contributed by atoms with Crippen LogP contribution in [0.5, 0.6) is 0 Å². The lowest BCUT2D eigenvalue weighted by molar-refractivity contribution is 0.0698. The molecule has 1 saturated carbocycles. The first-order chi connectivity index (χ1) is 9.88. The molecular weight excluding hydrogens is 271 g/mol. The highest BCUT2D eigenvalue weighted by molar-refractivity contribution is 6.01. The van der Waals surface area contributed by atoms with Crippen molar-refractivity contribution in [2.45, 2.75) is 45.4 Å². The van der Waals surface area contributed by atoms with Crippen molar-refractivity contribution in [1.82, 2.24) is 9.97 Å². The number of hydrogen-bond acceptors (Lipinski definition) is 2. The van der Waals surface area contributed by atoms with Gasteiger partial charge in [0.05, 0.1) is 11.1 Å². The molecule has 4 nitrogen and oxygen atoms in total. The van der Waals surface area contributed by atoms with Gasteiger partial charge in [0.1, 0.15) is 17.2 Å². The van der Waals surface area contributed by atoms with E-state index < -0.39 is 11.8 Å². The van der Waals surface area contributed by atoms with Gasteiger partial charge in [-0.15, -0.1) is 0 Å². The lowest BCUT2D eigenvalue weighted by Gasteiger charge is -2.37. The summed E-state index contributed by atoms with van der Waals surface area (Å²) in [6, 6.07) is 2.34. The molecule has 0 aliphatic heterocycles. The SMILES string of the molecule is CC1(C)CCCCC1c1nc2c(C(=O)O)cc(F)cc2[nH]1. The molecular formula is C16H19FN2O2. The van der Waals surface area contributed by atoms with Gasteiger partial charge in [0.25, 0.3) is 0 Å². The van der Waals surface area contributed by atoms with Crippen molar-refractivity contribution >= 4 is 17.0 Å². The Hall–Kier alpha value is -1.91. The van der Waals surface area contributed by atoms with E-state index in [0.29, 0.717) is 11.0 Å². The Labute approximate surface area is 122 Å². The quantitative estimate of drug-likeness (QED) is 0.875. The Morgan fingerprint density at radius 1 is 1.43 bits per heavy atom. The molecule has 0 saturated heterocycles. The summed E-state index contributed by atoms with van der Waals surface area (Å²) in [5.41, 5.74) is 0.846. The summed E-state index contributed by atoms with van der Waals surface area (Å²) in [5.74, 6) is -0.676. The van der Waals surface area contributed by atoms with E-state index in [2.05, 4.69) is 23.8 Å². The molecule has 1 unspecified atom stereocenters. The van der Waals surface area contributed by atoms with Crippen LogP contribution in [0.3, 0.4) is 0 Å². The number of aromatic nitrogens is 2. The van der Waals surface area contributed by atoms with Crippen molar-refractivity contribution in [1.29, 1.82) is 0 Å². The average molecular weight is 290 g/mol. The van der Waals surface area contributed by atoms with Gasteiger partial charge in [-0.2, -0.15) is 0 Å². The number of nitrogens with one attached hydrogen (secondary N) is 1. The number of fused-ring (bicyclic) bond motifs is 1. The number of aromatic amines is 1. The molecule has 1 heterocycles. The first-order valence-corrected chi connectivity index (χ1v) is 7.31. The number of benzene rings is 1. The highest BCUT2D eigenvalue weighted by atomic mass is 19.1. The van der Waals surface area contributed by atoms with Crippen LogP contribution in [0.2, 0.25) is 0 Å². The molecule has 0 spiro atoms. The fourth-order valence-electron chi connectivity index (χ4n) is 3.43. The number of imidazole rings is 1. The monoisotopic (exact) mass is 290 g/mol. The topological polar surface area (TPSA) is 66.0 Å². The van der Waals surface area contributed by atoms with Gasteiger partial charge < -0.3 is 10.1 Å². The first kappa shape index (κ1) is 14.0. The minimum absolute atomic E-state index is 0.0823. The number of rotatable bonds is 2. The zero-order chi connectivity index (χ0) is 15.2. The Bertz CT molecular complexity index is 706. The molecule has 112 valence electrons. The standard InChI is InChI=1S/C16H19FN2O2/c1-16(2)6-4-3-5-11(16)14-18-12-8-9(17)7-10(15(20)21)13(12)19-14/h7-8,11H,3-6H2,1-2H3,(H,18,19)(H,20,21). The fourth-order valence-corrected chi connectivity index (χ4v) is 3.43. The summed E-state index contributed by atoms with van der Waals surface area (Å²) in [6.45, 7) is 4.42. The maximum absolute atomic E-state index is 13.5. The summed E-state index contributed by atoms with van der Waals surface area (Å²) >= 11 is 0. The third-order valence-corrected chi connectivity index (χ3v) is 4.64. The third kappa shape index (κ3) is 2.41. The molecule has 21 heavy (non-hydrogen) atoms. The maximum Gasteiger partial charge on any atom is 0.338 e. The van der Waals surface area contributed by atoms with Crippen molar-refractivity contribution in [3.8, 4) is 0 Å². The number of carboxylic acids is 1. The average Bonchev–Trinajstić information content (AvgIpc) is 2.79. The predicted octanol–water partition coefficient (Wildman–Crippen LogP) is 4.08. The molecule has 0 amide bonds. The second-order valence-corrected chi connectivity index (χ2v) is 6.56. The second-order valence-electron chi connectivity index (χ2n) is 6.56. The summed E-state index contributed by atoms with van der Waals surface area (Å²) in [6.07, 6.45) is 4.50. The van der Waals surface area contributed by atoms with Gasteiger partial charge in [-0.25, -0.2) is 14.2 Å². The van der Waals surface area contributed by atoms with Gasteiger partial charge in [0.15, 0.2) is 0 Å². The number of nitrogens with zero attached hydrogens (tertiary/aromatic N) is 1. The smallest absolute Gasteiger partial charge is 0.338 e. The first-order valence-electron chi connectivity index (χ1n) is 7.31. The minimum atomic E-state index is -1.15. The molecule has 2 aromatic rings. The summed E-state index contributed by atoms with van der Waals surface area (Å²) in [4.78, 5) is 18.9. The van der Waals surface area contributed by atoms with Crippen LogP contribution >= 0.6 is 0 Å². The Balaban J connectivity index is 2.13. The van der Waals surface area contributed by atoms with Crippen LogP contribution in [0, 0.1) is 11.2 Å². The van der Waals surface area contributed by atoms with Gasteiger partial charge >= 0.3 is 5.97 Å². The van der Waals surface area contributed by atoms with Crippen molar-refractivity contribution in [2.24, 2.45) is 5.41 Å². The van der Waals surface area contributed by atoms with E-state index in [1.165, 1.54) is 12.5 Å². The molecule has 5 heteroatoms. The number of hydrogen-bond donors (Lipinski definition) is 2. The molecule has 1 fully saturated rings. The summed E-state index contributed by atoms with van der Waals surface area (Å²) in [5, 5.41) is 9.21. The van der Waals surface area contributed by atoms with Crippen molar-refractivity contribution < 1.29 is 14.3 Å². The highest BCUT2D eigenvalue weighted by Gasteiger charge is 2.35. The summed E-state index contributed by atoms with van der Waals surface area (Å²) in [7, 11) is 0. The molecule has 0 bridgehead atoms. The number of halogens is 1. The molecule has 1 atom stereocenters. The molecule has 1 aromatic carbocycles. The van der Waals surface area contributed by atoms with E-state index in [1.807, 2.05) is 0 Å². The van der Waals surface area contributed by atoms with E-state index >= 15 is 0 Å². The molecule has 2 N–H and O–H groups in total. The number of H-pyrrole nitrogens is 1. The van der Waals surface area contributed by atoms with Crippen LogP contribution < -0.4 is 0 Å². The van der Waals surface area contributed by atoms with E-state index in [1.54, 1.807) is 0 Å². The van der Waals surface area contributed by atoms with Crippen molar-refractivity contribution in [2.75, 3.05) is 0 Å². The van der Waals surface area contributed by atoms with E-state index in [9.17, 15) is 14.3 Å². The number of aromatic carboxylic acids is 1. The fraction of sp³-hybridized carbons (Fsp3) is 0.500. The van der Waals surface area contributed by atoms with Crippen LogP contribution in [-0.2, 0) is 0 Å². The zero-order valence-electron chi connectivity index (χ0n) is 12.2. The van der Waals surface area contributed by atoms with Gasteiger partial charge in [0, 0.05) is 5.92 Å². The van der Waals surface area contributed by atoms with E-state index in [0.717, 1.165) is 31.2 Å². The third-order valence-electron chi connectivity index (χ3n) is 4.64. The van der Waals surface area contributed by atoms with Crippen LogP contribution in [0.25, 0.3) is 11.0 Å². The molecule has 1 aliphatic carbocycles. The molecule has 0 radical (unpaired) electrons. The van der Waals surface area contributed by atoms with Gasteiger partial charge in [-0.05, 0) is 30.4 Å². The molecule has 3 rings (SSSR count). The Morgan fingerprint density at radius 3 is 2.86 bits per heavy atom. The molecule has 1 aliphatic rings. The minimum Gasteiger partial charge on any atom is -0.478 e. The van der Waals surface area contributed by atoms with Crippen LogP contribution in [0.4, 0.5) is 4.39 Å². The Morgan fingerprint density at radius 2 is 2.19 bits per heavy atom. The largest absolute Gasteiger partial charge is 0.478 e. The highest BCUT2D eigenvalue weighted by Crippen LogP contribution is 2.46. The van der Waals surface area contributed by atoms with Crippen molar-refractivity contribution in [3.63, 3.8) is 0 Å². The molecule has 1 aromatic heterocycles. The normalized spacial score (nSPS) is 21.6. The number of carboxylic acid groups (broad SMARTS) is 1. The van der Waals surface area contributed by atoms with Crippen LogP contribution in [0.15, 0.2) is 12.1 Å².